The number of hydrogen-bond acceptors (Lipinski definition) is 6. The molecule has 0 spiro atoms. The average Bonchev–Trinajstić information content (AvgIpc) is 3.16. The van der Waals surface area contributed by atoms with Gasteiger partial charge in [-0.25, -0.2) is 9.48 Å². The number of nitro groups is 1. The zero-order valence-corrected chi connectivity index (χ0v) is 15.5. The summed E-state index contributed by atoms with van der Waals surface area (Å²) in [4.78, 5) is 22.4. The second-order valence-corrected chi connectivity index (χ2v) is 5.91. The number of carbonyl (C=O) groups is 1. The van der Waals surface area contributed by atoms with E-state index in [0.717, 1.165) is 5.69 Å². The van der Waals surface area contributed by atoms with Crippen molar-refractivity contribution in [1.29, 1.82) is 5.26 Å². The highest BCUT2D eigenvalue weighted by Crippen LogP contribution is 2.27. The second-order valence-electron chi connectivity index (χ2n) is 5.91. The number of hydrogen-bond donors (Lipinski definition) is 0. The summed E-state index contributed by atoms with van der Waals surface area (Å²) < 4.78 is 6.53. The van der Waals surface area contributed by atoms with Gasteiger partial charge in [0.15, 0.2) is 0 Å². The topological polar surface area (TPSA) is 111 Å². The highest BCUT2D eigenvalue weighted by Gasteiger charge is 2.16. The molecule has 0 radical (unpaired) electrons. The van der Waals surface area contributed by atoms with Gasteiger partial charge in [-0.05, 0) is 37.3 Å². The number of para-hydroxylation sites is 1. The molecule has 1 aromatic heterocycles. The van der Waals surface area contributed by atoms with E-state index in [-0.39, 0.29) is 17.9 Å². The number of nitrogens with zero attached hydrogens (tertiary/aromatic N) is 4. The molecule has 0 amide bonds. The lowest BCUT2D eigenvalue weighted by Crippen LogP contribution is -2.06. The van der Waals surface area contributed by atoms with E-state index in [0.29, 0.717) is 16.8 Å². The fraction of sp³-hybridized carbons (Fsp3) is 0.0952. The zero-order chi connectivity index (χ0) is 20.8. The molecule has 29 heavy (non-hydrogen) atoms. The molecular weight excluding hydrogens is 372 g/mol. The summed E-state index contributed by atoms with van der Waals surface area (Å²) in [6.07, 6.45) is 3.09. The summed E-state index contributed by atoms with van der Waals surface area (Å²) in [5, 5.41) is 24.8. The molecule has 2 aromatic carbocycles. The molecule has 0 aliphatic heterocycles. The first-order chi connectivity index (χ1) is 14.0. The normalized spacial score (nSPS) is 11.0. The number of carbonyl (C=O) groups excluding carboxylic acids is 1. The van der Waals surface area contributed by atoms with Crippen LogP contribution < -0.4 is 0 Å². The number of benzene rings is 2. The van der Waals surface area contributed by atoms with E-state index in [4.69, 9.17) is 4.74 Å². The van der Waals surface area contributed by atoms with Gasteiger partial charge in [0, 0.05) is 29.5 Å². The first-order valence-corrected chi connectivity index (χ1v) is 8.72. The van der Waals surface area contributed by atoms with Crippen LogP contribution in [-0.4, -0.2) is 27.3 Å². The second kappa shape index (κ2) is 8.63. The highest BCUT2D eigenvalue weighted by molar-refractivity contribution is 5.98. The molecule has 3 aromatic rings. The molecule has 0 saturated heterocycles. The van der Waals surface area contributed by atoms with Crippen LogP contribution in [0.5, 0.6) is 0 Å². The third-order valence-corrected chi connectivity index (χ3v) is 4.03. The Bertz CT molecular complexity index is 1110. The fourth-order valence-electron chi connectivity index (χ4n) is 2.67. The minimum absolute atomic E-state index is 0.0439. The predicted octanol–water partition coefficient (Wildman–Crippen LogP) is 3.92. The van der Waals surface area contributed by atoms with Crippen molar-refractivity contribution in [1.82, 2.24) is 9.78 Å². The van der Waals surface area contributed by atoms with Gasteiger partial charge in [-0.3, -0.25) is 10.1 Å². The summed E-state index contributed by atoms with van der Waals surface area (Å²) in [6.45, 7) is 1.80. The van der Waals surface area contributed by atoms with Crippen LogP contribution in [0.15, 0.2) is 66.4 Å². The molecule has 0 N–H and O–H groups in total. The van der Waals surface area contributed by atoms with Crippen molar-refractivity contribution in [2.75, 3.05) is 6.61 Å². The molecule has 8 nitrogen and oxygen atoms in total. The molecule has 144 valence electrons. The van der Waals surface area contributed by atoms with Gasteiger partial charge in [-0.1, -0.05) is 18.2 Å². The van der Waals surface area contributed by atoms with E-state index < -0.39 is 10.9 Å². The Kier molecular flexibility index (Phi) is 5.80. The monoisotopic (exact) mass is 388 g/mol. The lowest BCUT2D eigenvalue weighted by Gasteiger charge is -2.01. The van der Waals surface area contributed by atoms with Crippen molar-refractivity contribution in [3.05, 3.63) is 82.0 Å². The third kappa shape index (κ3) is 4.36. The molecule has 0 bridgehead atoms. The van der Waals surface area contributed by atoms with Crippen molar-refractivity contribution in [3.63, 3.8) is 0 Å². The molecule has 8 heteroatoms. The van der Waals surface area contributed by atoms with Gasteiger partial charge in [-0.15, -0.1) is 0 Å². The number of nitriles is 1. The quantitative estimate of drug-likeness (QED) is 0.208. The van der Waals surface area contributed by atoms with E-state index >= 15 is 0 Å². The van der Waals surface area contributed by atoms with Crippen LogP contribution in [0.4, 0.5) is 5.69 Å². The average molecular weight is 388 g/mol. The van der Waals surface area contributed by atoms with E-state index in [9.17, 15) is 20.2 Å². The van der Waals surface area contributed by atoms with Gasteiger partial charge in [-0.2, -0.15) is 10.4 Å². The number of aromatic nitrogens is 2. The van der Waals surface area contributed by atoms with Crippen molar-refractivity contribution in [2.24, 2.45) is 0 Å². The van der Waals surface area contributed by atoms with Crippen LogP contribution in [0.2, 0.25) is 0 Å². The van der Waals surface area contributed by atoms with Crippen LogP contribution >= 0.6 is 0 Å². The van der Waals surface area contributed by atoms with E-state index in [1.807, 2.05) is 36.4 Å². The molecule has 0 aliphatic rings. The first-order valence-electron chi connectivity index (χ1n) is 8.72. The summed E-state index contributed by atoms with van der Waals surface area (Å²) >= 11 is 0. The van der Waals surface area contributed by atoms with Crippen LogP contribution in [-0.2, 0) is 9.53 Å². The smallest absolute Gasteiger partial charge is 0.348 e. The van der Waals surface area contributed by atoms with Crippen LogP contribution in [0.25, 0.3) is 23.0 Å². The van der Waals surface area contributed by atoms with Gasteiger partial charge in [0.25, 0.3) is 5.69 Å². The summed E-state index contributed by atoms with van der Waals surface area (Å²) in [5.74, 6) is -0.725. The van der Waals surface area contributed by atoms with E-state index in [2.05, 4.69) is 5.10 Å². The van der Waals surface area contributed by atoms with Gasteiger partial charge in [0.2, 0.25) is 0 Å². The lowest BCUT2D eigenvalue weighted by molar-refractivity contribution is -0.384. The van der Waals surface area contributed by atoms with Crippen LogP contribution in [0.3, 0.4) is 0 Å². The SMILES string of the molecule is CCOC(=O)/C(C#N)=C\c1cn(-c2ccccc2)nc1-c1ccc([N+](=O)[O-])cc1. The van der Waals surface area contributed by atoms with Crippen molar-refractivity contribution >= 4 is 17.7 Å². The number of rotatable bonds is 6. The number of non-ortho nitro benzene ring substituents is 1. The summed E-state index contributed by atoms with van der Waals surface area (Å²) in [7, 11) is 0. The van der Waals surface area contributed by atoms with E-state index in [1.165, 1.54) is 18.2 Å². The van der Waals surface area contributed by atoms with Crippen LogP contribution in [0.1, 0.15) is 12.5 Å². The molecule has 1 heterocycles. The largest absolute Gasteiger partial charge is 0.462 e. The Labute approximate surface area is 166 Å². The van der Waals surface area contributed by atoms with Gasteiger partial charge in [0.1, 0.15) is 17.3 Å². The Balaban J connectivity index is 2.13. The lowest BCUT2D eigenvalue weighted by atomic mass is 10.1. The maximum atomic E-state index is 12.0. The van der Waals surface area contributed by atoms with Gasteiger partial charge in [0.05, 0.1) is 17.2 Å². The maximum absolute atomic E-state index is 12.0. The summed E-state index contributed by atoms with van der Waals surface area (Å²) in [6, 6.07) is 17.1. The number of ether oxygens (including phenoxy) is 1. The highest BCUT2D eigenvalue weighted by atomic mass is 16.6. The molecule has 0 unspecified atom stereocenters. The molecule has 0 aliphatic carbocycles. The minimum atomic E-state index is -0.725. The first kappa shape index (κ1) is 19.5. The van der Waals surface area contributed by atoms with Crippen molar-refractivity contribution < 1.29 is 14.5 Å². The Morgan fingerprint density at radius 3 is 2.52 bits per heavy atom. The van der Waals surface area contributed by atoms with Crippen LogP contribution in [0, 0.1) is 21.4 Å². The fourth-order valence-corrected chi connectivity index (χ4v) is 2.67. The Morgan fingerprint density at radius 1 is 1.24 bits per heavy atom. The van der Waals surface area contributed by atoms with Gasteiger partial charge < -0.3 is 4.74 Å². The standard InChI is InChI=1S/C21H16N4O4/c1-2-29-21(26)16(13-22)12-17-14-24(18-6-4-3-5-7-18)23-20(17)15-8-10-19(11-9-15)25(27)28/h3-12,14H,2H2,1H3/b16-12-. The molecule has 3 rings (SSSR count). The number of esters is 1. The zero-order valence-electron chi connectivity index (χ0n) is 15.5. The predicted molar refractivity (Wildman–Crippen MR) is 106 cm³/mol. The Morgan fingerprint density at radius 2 is 1.93 bits per heavy atom. The third-order valence-electron chi connectivity index (χ3n) is 4.03. The molecule has 0 fully saturated rings. The van der Waals surface area contributed by atoms with Crippen molar-refractivity contribution in [3.8, 4) is 23.0 Å². The van der Waals surface area contributed by atoms with Gasteiger partial charge >= 0.3 is 5.97 Å². The maximum Gasteiger partial charge on any atom is 0.348 e. The minimum Gasteiger partial charge on any atom is -0.462 e. The molecular formula is C21H16N4O4. The Hall–Kier alpha value is -4.25. The van der Waals surface area contributed by atoms with E-state index in [1.54, 1.807) is 29.9 Å². The molecule has 0 atom stereocenters. The number of nitro benzene ring substituents is 1. The van der Waals surface area contributed by atoms with Crippen molar-refractivity contribution in [2.45, 2.75) is 6.92 Å². The summed E-state index contributed by atoms with van der Waals surface area (Å²) in [5.41, 5.74) is 2.16. The molecule has 0 saturated carbocycles.